The Morgan fingerprint density at radius 1 is 1.20 bits per heavy atom. The van der Waals surface area contributed by atoms with E-state index in [1.165, 1.54) is 5.56 Å². The normalized spacial score (nSPS) is 16.7. The summed E-state index contributed by atoms with van der Waals surface area (Å²) >= 11 is 0. The van der Waals surface area contributed by atoms with Crippen molar-refractivity contribution in [3.8, 4) is 5.75 Å². The third-order valence-corrected chi connectivity index (χ3v) is 4.47. The monoisotopic (exact) mass is 339 g/mol. The van der Waals surface area contributed by atoms with E-state index in [1.807, 2.05) is 23.1 Å². The van der Waals surface area contributed by atoms with Gasteiger partial charge in [0.15, 0.2) is 6.61 Å². The average Bonchev–Trinajstić information content (AvgIpc) is 2.79. The number of para-hydroxylation sites is 1. The number of nitrogens with zero attached hydrogens (tertiary/aromatic N) is 1. The quantitative estimate of drug-likeness (QED) is 0.922. The van der Waals surface area contributed by atoms with E-state index in [1.54, 1.807) is 24.3 Å². The molecule has 0 bridgehead atoms. The number of anilines is 1. The van der Waals surface area contributed by atoms with E-state index in [-0.39, 0.29) is 5.91 Å². The number of carbonyl (C=O) groups excluding carboxylic acids is 1. The number of carbonyl (C=O) groups is 2. The zero-order chi connectivity index (χ0) is 17.8. The van der Waals surface area contributed by atoms with Gasteiger partial charge >= 0.3 is 5.97 Å². The Morgan fingerprint density at radius 3 is 2.80 bits per heavy atom. The van der Waals surface area contributed by atoms with Gasteiger partial charge in [-0.15, -0.1) is 0 Å². The highest BCUT2D eigenvalue weighted by molar-refractivity contribution is 6.06. The first-order chi connectivity index (χ1) is 12.1. The molecule has 0 radical (unpaired) electrons. The number of carboxylic acids is 1. The molecule has 0 saturated carbocycles. The predicted molar refractivity (Wildman–Crippen MR) is 95.3 cm³/mol. The van der Waals surface area contributed by atoms with Gasteiger partial charge in [-0.25, -0.2) is 4.79 Å². The second kappa shape index (κ2) is 7.38. The Kier molecular flexibility index (Phi) is 5.03. The van der Waals surface area contributed by atoms with Gasteiger partial charge in [0.05, 0.1) is 0 Å². The van der Waals surface area contributed by atoms with Crippen LogP contribution in [0.15, 0.2) is 48.5 Å². The first-order valence-electron chi connectivity index (χ1n) is 8.41. The maximum absolute atomic E-state index is 13.1. The topological polar surface area (TPSA) is 66.8 Å². The van der Waals surface area contributed by atoms with Crippen LogP contribution in [0.5, 0.6) is 5.75 Å². The van der Waals surface area contributed by atoms with Crippen LogP contribution in [0.4, 0.5) is 5.69 Å². The molecule has 0 aliphatic carbocycles. The van der Waals surface area contributed by atoms with Crippen LogP contribution in [-0.2, 0) is 4.79 Å². The maximum atomic E-state index is 13.1. The lowest BCUT2D eigenvalue weighted by Gasteiger charge is -2.23. The number of aliphatic carboxylic acids is 1. The molecule has 5 nitrogen and oxygen atoms in total. The second-order valence-electron chi connectivity index (χ2n) is 6.27. The molecule has 1 unspecified atom stereocenters. The molecule has 2 aromatic rings. The summed E-state index contributed by atoms with van der Waals surface area (Å²) in [7, 11) is 0. The summed E-state index contributed by atoms with van der Waals surface area (Å²) < 4.78 is 5.19. The summed E-state index contributed by atoms with van der Waals surface area (Å²) in [5.41, 5.74) is 2.63. The number of carboxylic acid groups (broad SMARTS) is 1. The molecule has 2 aromatic carbocycles. The summed E-state index contributed by atoms with van der Waals surface area (Å²) in [5.74, 6) is -0.349. The fourth-order valence-corrected chi connectivity index (χ4v) is 3.21. The van der Waals surface area contributed by atoms with Crippen LogP contribution in [0, 0.1) is 0 Å². The minimum Gasteiger partial charge on any atom is -0.482 e. The maximum Gasteiger partial charge on any atom is 0.341 e. The van der Waals surface area contributed by atoms with Crippen molar-refractivity contribution in [1.82, 2.24) is 0 Å². The van der Waals surface area contributed by atoms with Gasteiger partial charge in [-0.05, 0) is 48.6 Å². The molecule has 130 valence electrons. The van der Waals surface area contributed by atoms with E-state index >= 15 is 0 Å². The third-order valence-electron chi connectivity index (χ3n) is 4.47. The summed E-state index contributed by atoms with van der Waals surface area (Å²) in [6.07, 6.45) is 1.99. The number of hydrogen-bond donors (Lipinski definition) is 1. The Labute approximate surface area is 146 Å². The molecule has 1 atom stereocenters. The molecule has 3 rings (SSSR count). The fraction of sp³-hybridized carbons (Fsp3) is 0.300. The summed E-state index contributed by atoms with van der Waals surface area (Å²) in [6, 6.07) is 14.7. The standard InChI is InChI=1S/C20H21NO4/c1-14-6-5-11-21(18-10-3-2-9-17(14)18)20(24)15-7-4-8-16(12-15)25-13-19(22)23/h2-4,7-10,12,14H,5-6,11,13H2,1H3,(H,22,23). The molecule has 5 heteroatoms. The molecule has 1 amide bonds. The van der Waals surface area contributed by atoms with Crippen molar-refractivity contribution < 1.29 is 19.4 Å². The molecule has 0 spiro atoms. The molecule has 0 fully saturated rings. The van der Waals surface area contributed by atoms with E-state index in [4.69, 9.17) is 9.84 Å². The predicted octanol–water partition coefficient (Wildman–Crippen LogP) is 3.69. The van der Waals surface area contributed by atoms with E-state index in [2.05, 4.69) is 13.0 Å². The van der Waals surface area contributed by atoms with Gasteiger partial charge in [0.1, 0.15) is 5.75 Å². The largest absolute Gasteiger partial charge is 0.482 e. The Balaban J connectivity index is 1.89. The Hall–Kier alpha value is -2.82. The lowest BCUT2D eigenvalue weighted by Crippen LogP contribution is -2.31. The molecule has 1 aliphatic heterocycles. The van der Waals surface area contributed by atoms with Crippen LogP contribution in [0.1, 0.15) is 41.6 Å². The number of amides is 1. The molecule has 0 saturated heterocycles. The van der Waals surface area contributed by atoms with Gasteiger partial charge in [-0.2, -0.15) is 0 Å². The van der Waals surface area contributed by atoms with Gasteiger partial charge in [0, 0.05) is 17.8 Å². The van der Waals surface area contributed by atoms with Gasteiger partial charge in [0.2, 0.25) is 0 Å². The van der Waals surface area contributed by atoms with Crippen molar-refractivity contribution in [3.05, 3.63) is 59.7 Å². The van der Waals surface area contributed by atoms with E-state index in [0.717, 1.165) is 18.5 Å². The van der Waals surface area contributed by atoms with Crippen LogP contribution in [-0.4, -0.2) is 30.1 Å². The molecule has 1 aliphatic rings. The number of fused-ring (bicyclic) bond motifs is 1. The van der Waals surface area contributed by atoms with Crippen molar-refractivity contribution in [1.29, 1.82) is 0 Å². The smallest absolute Gasteiger partial charge is 0.341 e. The summed E-state index contributed by atoms with van der Waals surface area (Å²) in [4.78, 5) is 25.5. The first kappa shape index (κ1) is 17.0. The summed E-state index contributed by atoms with van der Waals surface area (Å²) in [6.45, 7) is 2.43. The van der Waals surface area contributed by atoms with E-state index < -0.39 is 12.6 Å². The first-order valence-corrected chi connectivity index (χ1v) is 8.41. The second-order valence-corrected chi connectivity index (χ2v) is 6.27. The summed E-state index contributed by atoms with van der Waals surface area (Å²) in [5, 5.41) is 8.72. The average molecular weight is 339 g/mol. The molecular formula is C20H21NO4. The van der Waals surface area contributed by atoms with Crippen molar-refractivity contribution in [2.24, 2.45) is 0 Å². The third kappa shape index (κ3) is 3.82. The fourth-order valence-electron chi connectivity index (χ4n) is 3.21. The molecule has 0 aromatic heterocycles. The van der Waals surface area contributed by atoms with Gasteiger partial charge < -0.3 is 14.7 Å². The number of benzene rings is 2. The van der Waals surface area contributed by atoms with Crippen LogP contribution in [0.3, 0.4) is 0 Å². The van der Waals surface area contributed by atoms with Crippen LogP contribution >= 0.6 is 0 Å². The lowest BCUT2D eigenvalue weighted by molar-refractivity contribution is -0.139. The minimum atomic E-state index is -1.05. The molecular weight excluding hydrogens is 318 g/mol. The number of ether oxygens (including phenoxy) is 1. The van der Waals surface area contributed by atoms with Gasteiger partial charge in [-0.1, -0.05) is 31.2 Å². The van der Waals surface area contributed by atoms with E-state index in [9.17, 15) is 9.59 Å². The number of hydrogen-bond acceptors (Lipinski definition) is 3. The van der Waals surface area contributed by atoms with Crippen LogP contribution in [0.2, 0.25) is 0 Å². The SMILES string of the molecule is CC1CCCN(C(=O)c2cccc(OCC(=O)O)c2)c2ccccc21. The van der Waals surface area contributed by atoms with Gasteiger partial charge in [0.25, 0.3) is 5.91 Å². The Morgan fingerprint density at radius 2 is 2.00 bits per heavy atom. The number of rotatable bonds is 4. The van der Waals surface area contributed by atoms with E-state index in [0.29, 0.717) is 23.8 Å². The van der Waals surface area contributed by atoms with Gasteiger partial charge in [-0.3, -0.25) is 4.79 Å². The van der Waals surface area contributed by atoms with Crippen molar-refractivity contribution in [2.75, 3.05) is 18.1 Å². The highest BCUT2D eigenvalue weighted by Crippen LogP contribution is 2.34. The van der Waals surface area contributed by atoms with Crippen molar-refractivity contribution in [3.63, 3.8) is 0 Å². The molecule has 1 N–H and O–H groups in total. The molecule has 1 heterocycles. The zero-order valence-electron chi connectivity index (χ0n) is 14.1. The zero-order valence-corrected chi connectivity index (χ0v) is 14.1. The van der Waals surface area contributed by atoms with Crippen LogP contribution < -0.4 is 9.64 Å². The highest BCUT2D eigenvalue weighted by Gasteiger charge is 2.25. The minimum absolute atomic E-state index is 0.0951. The molecule has 25 heavy (non-hydrogen) atoms. The Bertz CT molecular complexity index is 787. The van der Waals surface area contributed by atoms with Crippen molar-refractivity contribution in [2.45, 2.75) is 25.7 Å². The lowest BCUT2D eigenvalue weighted by atomic mass is 9.96. The van der Waals surface area contributed by atoms with Crippen LogP contribution in [0.25, 0.3) is 0 Å². The van der Waals surface area contributed by atoms with Crippen molar-refractivity contribution >= 4 is 17.6 Å². The highest BCUT2D eigenvalue weighted by atomic mass is 16.5.